The van der Waals surface area contributed by atoms with Crippen molar-refractivity contribution < 1.29 is 0 Å². The number of hydrogen-bond acceptors (Lipinski definition) is 3. The second kappa shape index (κ2) is 2.87. The van der Waals surface area contributed by atoms with Crippen LogP contribution in [0.3, 0.4) is 0 Å². The molecule has 1 aromatic heterocycles. The summed E-state index contributed by atoms with van der Waals surface area (Å²) in [6.45, 7) is 1.77. The van der Waals surface area contributed by atoms with Crippen LogP contribution < -0.4 is 10.9 Å². The highest BCUT2D eigenvalue weighted by Crippen LogP contribution is 2.37. The van der Waals surface area contributed by atoms with Crippen LogP contribution >= 0.6 is 0 Å². The quantitative estimate of drug-likeness (QED) is 0.712. The summed E-state index contributed by atoms with van der Waals surface area (Å²) in [5.74, 6) is 2.02. The lowest BCUT2D eigenvalue weighted by molar-refractivity contribution is 0.899. The summed E-state index contributed by atoms with van der Waals surface area (Å²) in [5, 5.41) is 2.93. The predicted molar refractivity (Wildman–Crippen MR) is 51.1 cm³/mol. The molecule has 1 aliphatic rings. The first-order valence-corrected chi connectivity index (χ1v) is 4.51. The molecule has 0 unspecified atom stereocenters. The topological polar surface area (TPSA) is 57.8 Å². The van der Waals surface area contributed by atoms with Crippen molar-refractivity contribution in [3.8, 4) is 0 Å². The van der Waals surface area contributed by atoms with E-state index in [0.29, 0.717) is 17.3 Å². The molecular formula is C9H13N3O. The molecule has 2 N–H and O–H groups in total. The van der Waals surface area contributed by atoms with Crippen molar-refractivity contribution in [2.45, 2.75) is 25.7 Å². The van der Waals surface area contributed by atoms with Crippen LogP contribution in [0.1, 0.15) is 30.1 Å². The largest absolute Gasteiger partial charge is 0.373 e. The molecule has 1 aromatic rings. The van der Waals surface area contributed by atoms with Gasteiger partial charge in [0, 0.05) is 13.0 Å². The van der Waals surface area contributed by atoms with Crippen LogP contribution in [-0.2, 0) is 0 Å². The van der Waals surface area contributed by atoms with E-state index >= 15 is 0 Å². The van der Waals surface area contributed by atoms with Gasteiger partial charge in [0.15, 0.2) is 0 Å². The highest BCUT2D eigenvalue weighted by Gasteiger charge is 2.26. The van der Waals surface area contributed by atoms with Gasteiger partial charge in [0.05, 0.1) is 5.56 Å². The Kier molecular flexibility index (Phi) is 1.83. The summed E-state index contributed by atoms with van der Waals surface area (Å²) in [4.78, 5) is 18.6. The Morgan fingerprint density at radius 1 is 1.54 bits per heavy atom. The molecule has 4 heteroatoms. The van der Waals surface area contributed by atoms with E-state index in [-0.39, 0.29) is 5.56 Å². The van der Waals surface area contributed by atoms with Crippen molar-refractivity contribution >= 4 is 5.82 Å². The van der Waals surface area contributed by atoms with Gasteiger partial charge >= 0.3 is 0 Å². The van der Waals surface area contributed by atoms with Gasteiger partial charge in [-0.1, -0.05) is 0 Å². The minimum absolute atomic E-state index is 0.0266. The molecule has 0 bridgehead atoms. The first-order chi connectivity index (χ1) is 6.22. The fourth-order valence-electron chi connectivity index (χ4n) is 1.34. The maximum absolute atomic E-state index is 11.4. The molecule has 0 atom stereocenters. The molecule has 70 valence electrons. The summed E-state index contributed by atoms with van der Waals surface area (Å²) in [6, 6.07) is 0. The van der Waals surface area contributed by atoms with Crippen molar-refractivity contribution in [1.82, 2.24) is 9.97 Å². The molecule has 1 saturated carbocycles. The van der Waals surface area contributed by atoms with Gasteiger partial charge in [-0.05, 0) is 19.8 Å². The normalized spacial score (nSPS) is 15.8. The fraction of sp³-hybridized carbons (Fsp3) is 0.556. The number of aromatic amines is 1. The monoisotopic (exact) mass is 179 g/mol. The number of nitrogens with zero attached hydrogens (tertiary/aromatic N) is 1. The standard InChI is InChI=1S/C9H13N3O/c1-5-7(10-2)11-8(6-3-4-6)12-9(5)13/h6H,3-4H2,1-2H3,(H2,10,11,12,13). The number of rotatable bonds is 2. The highest BCUT2D eigenvalue weighted by atomic mass is 16.1. The first-order valence-electron chi connectivity index (χ1n) is 4.51. The number of aromatic nitrogens is 2. The van der Waals surface area contributed by atoms with Gasteiger partial charge in [-0.3, -0.25) is 4.79 Å². The molecule has 0 amide bonds. The molecule has 13 heavy (non-hydrogen) atoms. The van der Waals surface area contributed by atoms with Crippen LogP contribution in [0, 0.1) is 6.92 Å². The fourth-order valence-corrected chi connectivity index (χ4v) is 1.34. The van der Waals surface area contributed by atoms with Crippen molar-refractivity contribution in [2.75, 3.05) is 12.4 Å². The lowest BCUT2D eigenvalue weighted by Gasteiger charge is -2.05. The Bertz CT molecular complexity index is 379. The summed E-state index contributed by atoms with van der Waals surface area (Å²) >= 11 is 0. The minimum atomic E-state index is -0.0266. The molecule has 0 aliphatic heterocycles. The highest BCUT2D eigenvalue weighted by molar-refractivity contribution is 5.41. The lowest BCUT2D eigenvalue weighted by atomic mass is 10.3. The molecule has 4 nitrogen and oxygen atoms in total. The molecule has 0 radical (unpaired) electrons. The smallest absolute Gasteiger partial charge is 0.255 e. The third kappa shape index (κ3) is 1.43. The molecule has 0 aromatic carbocycles. The summed E-state index contributed by atoms with van der Waals surface area (Å²) in [7, 11) is 1.78. The van der Waals surface area contributed by atoms with Crippen molar-refractivity contribution in [3.63, 3.8) is 0 Å². The Labute approximate surface area is 76.4 Å². The van der Waals surface area contributed by atoms with Gasteiger partial charge in [0.2, 0.25) is 0 Å². The van der Waals surface area contributed by atoms with Crippen LogP contribution in [0.15, 0.2) is 4.79 Å². The van der Waals surface area contributed by atoms with Gasteiger partial charge in [-0.25, -0.2) is 4.98 Å². The maximum Gasteiger partial charge on any atom is 0.255 e. The van der Waals surface area contributed by atoms with E-state index in [2.05, 4.69) is 15.3 Å². The Morgan fingerprint density at radius 3 is 2.77 bits per heavy atom. The average Bonchev–Trinajstić information content (AvgIpc) is 2.92. The van der Waals surface area contributed by atoms with Gasteiger partial charge in [0.25, 0.3) is 5.56 Å². The average molecular weight is 179 g/mol. The van der Waals surface area contributed by atoms with Crippen LogP contribution in [0.5, 0.6) is 0 Å². The molecule has 1 aliphatic carbocycles. The lowest BCUT2D eigenvalue weighted by Crippen LogP contribution is -2.16. The first kappa shape index (κ1) is 8.29. The Morgan fingerprint density at radius 2 is 2.23 bits per heavy atom. The van der Waals surface area contributed by atoms with E-state index in [4.69, 9.17) is 0 Å². The zero-order chi connectivity index (χ0) is 9.42. The Balaban J connectivity index is 2.50. The van der Waals surface area contributed by atoms with Crippen molar-refractivity contribution in [1.29, 1.82) is 0 Å². The van der Waals surface area contributed by atoms with Gasteiger partial charge in [-0.15, -0.1) is 0 Å². The third-order valence-electron chi connectivity index (χ3n) is 2.37. The van der Waals surface area contributed by atoms with E-state index < -0.39 is 0 Å². The molecule has 1 fully saturated rings. The van der Waals surface area contributed by atoms with Gasteiger partial charge in [-0.2, -0.15) is 0 Å². The maximum atomic E-state index is 11.4. The molecular weight excluding hydrogens is 166 g/mol. The summed E-state index contributed by atoms with van der Waals surface area (Å²) in [6.07, 6.45) is 2.30. The van der Waals surface area contributed by atoms with Gasteiger partial charge in [0.1, 0.15) is 11.6 Å². The SMILES string of the molecule is CNc1nc(C2CC2)[nH]c(=O)c1C. The van der Waals surface area contributed by atoms with Gasteiger partial charge < -0.3 is 10.3 Å². The van der Waals surface area contributed by atoms with E-state index in [1.165, 1.54) is 0 Å². The van der Waals surface area contributed by atoms with Crippen LogP contribution in [0.4, 0.5) is 5.82 Å². The van der Waals surface area contributed by atoms with Crippen LogP contribution in [-0.4, -0.2) is 17.0 Å². The third-order valence-corrected chi connectivity index (χ3v) is 2.37. The molecule has 2 rings (SSSR count). The predicted octanol–water partition coefficient (Wildman–Crippen LogP) is 0.997. The van der Waals surface area contributed by atoms with Crippen molar-refractivity contribution in [3.05, 3.63) is 21.7 Å². The molecule has 1 heterocycles. The van der Waals surface area contributed by atoms with Crippen molar-refractivity contribution in [2.24, 2.45) is 0 Å². The van der Waals surface area contributed by atoms with Crippen LogP contribution in [0.25, 0.3) is 0 Å². The Hall–Kier alpha value is -1.32. The molecule has 0 spiro atoms. The number of nitrogens with one attached hydrogen (secondary N) is 2. The zero-order valence-corrected chi connectivity index (χ0v) is 7.85. The molecule has 0 saturated heterocycles. The van der Waals surface area contributed by atoms with E-state index in [0.717, 1.165) is 18.7 Å². The summed E-state index contributed by atoms with van der Waals surface area (Å²) < 4.78 is 0. The number of H-pyrrole nitrogens is 1. The zero-order valence-electron chi connectivity index (χ0n) is 7.85. The van der Waals surface area contributed by atoms with E-state index in [9.17, 15) is 4.79 Å². The second-order valence-corrected chi connectivity index (χ2v) is 3.45. The number of anilines is 1. The minimum Gasteiger partial charge on any atom is -0.373 e. The van der Waals surface area contributed by atoms with Crippen LogP contribution in [0.2, 0.25) is 0 Å². The van der Waals surface area contributed by atoms with E-state index in [1.807, 2.05) is 0 Å². The number of hydrogen-bond donors (Lipinski definition) is 2. The van der Waals surface area contributed by atoms with E-state index in [1.54, 1.807) is 14.0 Å². The second-order valence-electron chi connectivity index (χ2n) is 3.45. The summed E-state index contributed by atoms with van der Waals surface area (Å²) in [5.41, 5.74) is 0.633.